The minimum Gasteiger partial charge on any atom is -0.354 e. The van der Waals surface area contributed by atoms with Gasteiger partial charge < -0.3 is 20.4 Å². The van der Waals surface area contributed by atoms with Gasteiger partial charge in [-0.05, 0) is 12.1 Å². The number of carbonyl (C=O) groups excluding carboxylic acids is 2. The van der Waals surface area contributed by atoms with Crippen molar-refractivity contribution in [1.29, 1.82) is 0 Å². The van der Waals surface area contributed by atoms with Crippen LogP contribution in [0.5, 0.6) is 0 Å². The van der Waals surface area contributed by atoms with Crippen LogP contribution < -0.4 is 15.5 Å². The molecule has 0 aliphatic carbocycles. The number of nitrogens with one attached hydrogen (secondary N) is 2. The first-order valence-electron chi connectivity index (χ1n) is 8.94. The highest BCUT2D eigenvalue weighted by Crippen LogP contribution is 2.16. The van der Waals surface area contributed by atoms with Gasteiger partial charge in [0.2, 0.25) is 0 Å². The molecule has 0 unspecified atom stereocenters. The van der Waals surface area contributed by atoms with Crippen LogP contribution in [0.15, 0.2) is 28.7 Å². The van der Waals surface area contributed by atoms with E-state index in [1.807, 2.05) is 17.0 Å². The number of piperazine rings is 1. The molecule has 1 saturated heterocycles. The number of rotatable bonds is 7. The van der Waals surface area contributed by atoms with E-state index < -0.39 is 0 Å². The molecule has 0 spiro atoms. The zero-order valence-corrected chi connectivity index (χ0v) is 16.6. The Morgan fingerprint density at radius 1 is 1.28 bits per heavy atom. The lowest BCUT2D eigenvalue weighted by atomic mass is 10.0. The molecular weight excluding hydrogens is 384 g/mol. The van der Waals surface area contributed by atoms with Gasteiger partial charge in [0.25, 0.3) is 11.8 Å². The Bertz CT molecular complexity index is 571. The zero-order valence-electron chi connectivity index (χ0n) is 15.1. The molecule has 2 rings (SSSR count). The number of benzene rings is 1. The van der Waals surface area contributed by atoms with Crippen molar-refractivity contribution in [3.63, 3.8) is 0 Å². The summed E-state index contributed by atoms with van der Waals surface area (Å²) < 4.78 is 1.07. The van der Waals surface area contributed by atoms with Crippen molar-refractivity contribution in [2.45, 2.75) is 19.4 Å². The predicted molar refractivity (Wildman–Crippen MR) is 100 cm³/mol. The quantitative estimate of drug-likeness (QED) is 0.533. The van der Waals surface area contributed by atoms with Crippen molar-refractivity contribution in [1.82, 2.24) is 10.2 Å². The third-order valence-electron chi connectivity index (χ3n) is 4.83. The molecule has 1 aliphatic heterocycles. The van der Waals surface area contributed by atoms with Gasteiger partial charge in [-0.3, -0.25) is 9.59 Å². The largest absolute Gasteiger partial charge is 0.354 e. The molecule has 4 N–H and O–H groups in total. The summed E-state index contributed by atoms with van der Waals surface area (Å²) >= 11 is 3.46. The Morgan fingerprint density at radius 2 is 1.92 bits per heavy atom. The van der Waals surface area contributed by atoms with E-state index in [9.17, 15) is 9.59 Å². The standard InChI is InChI=1S/C18H27BrN4O2/c1-3-16(14-4-6-15(19)7-5-14)21-12-18(25)23-10-8-22(9-11-23)13-17(24)20-2/h4-7,16,21H,3,8-13H2,1-2H3,(H,20,24)/p+2/t16-/m0/s1. The van der Waals surface area contributed by atoms with Gasteiger partial charge in [0.15, 0.2) is 13.1 Å². The molecule has 0 bridgehead atoms. The molecule has 6 nitrogen and oxygen atoms in total. The second-order valence-corrected chi connectivity index (χ2v) is 7.40. The molecule has 1 aliphatic rings. The average Bonchev–Trinajstić information content (AvgIpc) is 2.63. The van der Waals surface area contributed by atoms with Gasteiger partial charge in [-0.25, -0.2) is 0 Å². The maximum absolute atomic E-state index is 12.5. The van der Waals surface area contributed by atoms with Crippen molar-refractivity contribution in [2.24, 2.45) is 0 Å². The zero-order chi connectivity index (χ0) is 18.2. The third-order valence-corrected chi connectivity index (χ3v) is 5.36. The lowest BCUT2D eigenvalue weighted by molar-refractivity contribution is -0.896. The summed E-state index contributed by atoms with van der Waals surface area (Å²) in [5.41, 5.74) is 1.25. The van der Waals surface area contributed by atoms with Gasteiger partial charge in [0, 0.05) is 23.5 Å². The number of nitrogens with two attached hydrogens (primary N) is 1. The molecule has 0 aromatic heterocycles. The summed E-state index contributed by atoms with van der Waals surface area (Å²) in [7, 11) is 1.66. The van der Waals surface area contributed by atoms with Gasteiger partial charge in [-0.2, -0.15) is 0 Å². The minimum atomic E-state index is 0.0587. The minimum absolute atomic E-state index is 0.0587. The first-order valence-corrected chi connectivity index (χ1v) is 9.73. The van der Waals surface area contributed by atoms with E-state index in [0.29, 0.717) is 19.1 Å². The van der Waals surface area contributed by atoms with Gasteiger partial charge in [0.05, 0.1) is 26.2 Å². The maximum Gasteiger partial charge on any atom is 0.278 e. The number of hydrogen-bond donors (Lipinski definition) is 3. The van der Waals surface area contributed by atoms with Crippen molar-refractivity contribution in [3.05, 3.63) is 34.3 Å². The lowest BCUT2D eigenvalue weighted by Crippen LogP contribution is -3.16. The highest BCUT2D eigenvalue weighted by atomic mass is 79.9. The van der Waals surface area contributed by atoms with Crippen molar-refractivity contribution in [2.75, 3.05) is 46.3 Å². The maximum atomic E-state index is 12.5. The summed E-state index contributed by atoms with van der Waals surface area (Å²) in [4.78, 5) is 27.1. The molecule has 7 heteroatoms. The Kier molecular flexibility index (Phi) is 7.87. The Labute approximate surface area is 158 Å². The van der Waals surface area contributed by atoms with E-state index in [-0.39, 0.29) is 11.8 Å². The monoisotopic (exact) mass is 412 g/mol. The van der Waals surface area contributed by atoms with Crippen LogP contribution in [0.3, 0.4) is 0 Å². The summed E-state index contributed by atoms with van der Waals surface area (Å²) in [6, 6.07) is 8.61. The van der Waals surface area contributed by atoms with E-state index in [4.69, 9.17) is 0 Å². The number of carbonyl (C=O) groups is 2. The highest BCUT2D eigenvalue weighted by Gasteiger charge is 2.26. The van der Waals surface area contributed by atoms with E-state index in [1.54, 1.807) is 7.05 Å². The first-order chi connectivity index (χ1) is 12.0. The van der Waals surface area contributed by atoms with Crippen LogP contribution in [0.2, 0.25) is 0 Å². The van der Waals surface area contributed by atoms with Crippen molar-refractivity contribution in [3.8, 4) is 0 Å². The van der Waals surface area contributed by atoms with Gasteiger partial charge in [-0.15, -0.1) is 0 Å². The van der Waals surface area contributed by atoms with E-state index in [1.165, 1.54) is 10.5 Å². The molecule has 0 radical (unpaired) electrons. The van der Waals surface area contributed by atoms with Crippen LogP contribution in [0.25, 0.3) is 0 Å². The molecule has 0 saturated carbocycles. The molecular formula is C18H29BrN4O2+2. The Morgan fingerprint density at radius 3 is 2.48 bits per heavy atom. The predicted octanol–water partition coefficient (Wildman–Crippen LogP) is -1.06. The summed E-state index contributed by atoms with van der Waals surface area (Å²) in [5.74, 6) is 0.248. The number of halogens is 1. The van der Waals surface area contributed by atoms with Gasteiger partial charge in [-0.1, -0.05) is 35.0 Å². The molecule has 1 fully saturated rings. The van der Waals surface area contributed by atoms with Gasteiger partial charge >= 0.3 is 0 Å². The van der Waals surface area contributed by atoms with Crippen molar-refractivity contribution >= 4 is 27.7 Å². The van der Waals surface area contributed by atoms with Crippen LogP contribution in [-0.2, 0) is 9.59 Å². The Balaban J connectivity index is 1.78. The van der Waals surface area contributed by atoms with E-state index >= 15 is 0 Å². The van der Waals surface area contributed by atoms with Crippen LogP contribution >= 0.6 is 15.9 Å². The fraction of sp³-hybridized carbons (Fsp3) is 0.556. The fourth-order valence-corrected chi connectivity index (χ4v) is 3.45. The average molecular weight is 413 g/mol. The molecule has 1 aromatic rings. The molecule has 138 valence electrons. The number of quaternary nitrogens is 2. The number of likely N-dealkylation sites (N-methyl/N-ethyl adjacent to an activating group) is 1. The van der Waals surface area contributed by atoms with E-state index in [2.05, 4.69) is 45.6 Å². The number of nitrogens with zero attached hydrogens (tertiary/aromatic N) is 1. The normalized spacial score (nSPS) is 16.5. The molecule has 2 amide bonds. The fourth-order valence-electron chi connectivity index (χ4n) is 3.19. The second kappa shape index (κ2) is 9.89. The van der Waals surface area contributed by atoms with Crippen LogP contribution in [0.4, 0.5) is 0 Å². The first kappa shape index (κ1) is 19.9. The molecule has 1 aromatic carbocycles. The van der Waals surface area contributed by atoms with Crippen LogP contribution in [0.1, 0.15) is 24.9 Å². The summed E-state index contributed by atoms with van der Waals surface area (Å²) in [6.07, 6.45) is 0.985. The Hall–Kier alpha value is -1.44. The van der Waals surface area contributed by atoms with Crippen molar-refractivity contribution < 1.29 is 19.8 Å². The summed E-state index contributed by atoms with van der Waals surface area (Å²) in [5, 5.41) is 4.79. The second-order valence-electron chi connectivity index (χ2n) is 6.49. The lowest BCUT2D eigenvalue weighted by Gasteiger charge is -2.31. The smallest absolute Gasteiger partial charge is 0.278 e. The SMILES string of the molecule is CC[C@H]([NH2+]CC(=O)N1CC[NH+](CC(=O)NC)CC1)c1ccc(Br)cc1. The topological polar surface area (TPSA) is 70.5 Å². The summed E-state index contributed by atoms with van der Waals surface area (Å²) in [6.45, 7) is 6.24. The van der Waals surface area contributed by atoms with E-state index in [0.717, 1.165) is 37.1 Å². The van der Waals surface area contributed by atoms with Crippen LogP contribution in [0, 0.1) is 0 Å². The number of hydrogen-bond acceptors (Lipinski definition) is 2. The molecule has 1 atom stereocenters. The molecule has 1 heterocycles. The number of amides is 2. The molecule has 25 heavy (non-hydrogen) atoms. The third kappa shape index (κ3) is 6.09. The van der Waals surface area contributed by atoms with Gasteiger partial charge in [0.1, 0.15) is 6.04 Å². The highest BCUT2D eigenvalue weighted by molar-refractivity contribution is 9.10. The van der Waals surface area contributed by atoms with Crippen LogP contribution in [-0.4, -0.2) is 63.0 Å².